The van der Waals surface area contributed by atoms with Crippen LogP contribution in [0.5, 0.6) is 5.75 Å². The molecule has 3 nitrogen and oxygen atoms in total. The van der Waals surface area contributed by atoms with Gasteiger partial charge in [-0.15, -0.1) is 0 Å². The minimum absolute atomic E-state index is 0.0184. The Bertz CT molecular complexity index is 503. The lowest BCUT2D eigenvalue weighted by Crippen LogP contribution is -2.27. The highest BCUT2D eigenvalue weighted by Gasteiger charge is 2.24. The third-order valence-electron chi connectivity index (χ3n) is 3.06. The fraction of sp³-hybridized carbons (Fsp3) is 0.231. The predicted molar refractivity (Wildman–Crippen MR) is 63.9 cm³/mol. The molecule has 4 N–H and O–H groups in total. The van der Waals surface area contributed by atoms with Gasteiger partial charge in [-0.05, 0) is 29.8 Å². The molecular formula is C13H14N2O. The Morgan fingerprint density at radius 2 is 2.12 bits per heavy atom. The topological polar surface area (TPSA) is 61.3 Å². The molecule has 16 heavy (non-hydrogen) atoms. The maximum atomic E-state index is 5.88. The van der Waals surface area contributed by atoms with E-state index in [2.05, 4.69) is 6.08 Å². The predicted octanol–water partition coefficient (Wildman–Crippen LogP) is 1.75. The first-order valence-corrected chi connectivity index (χ1v) is 5.42. The third-order valence-corrected chi connectivity index (χ3v) is 3.06. The van der Waals surface area contributed by atoms with Gasteiger partial charge in [-0.2, -0.15) is 0 Å². The zero-order valence-electron chi connectivity index (χ0n) is 8.94. The molecule has 0 amide bonds. The third kappa shape index (κ3) is 1.45. The van der Waals surface area contributed by atoms with Crippen LogP contribution in [0.4, 0.5) is 5.69 Å². The van der Waals surface area contributed by atoms with Crippen LogP contribution < -0.4 is 16.2 Å². The number of fused-ring (bicyclic) bond motifs is 2. The molecule has 1 aromatic carbocycles. The number of hydrogen-bond donors (Lipinski definition) is 2. The molecule has 2 aliphatic rings. The summed E-state index contributed by atoms with van der Waals surface area (Å²) in [5, 5.41) is 0. The van der Waals surface area contributed by atoms with Crippen molar-refractivity contribution in [3.63, 3.8) is 0 Å². The molecule has 1 aliphatic heterocycles. The Morgan fingerprint density at radius 3 is 3.00 bits per heavy atom. The van der Waals surface area contributed by atoms with Crippen molar-refractivity contribution in [2.45, 2.75) is 18.9 Å². The van der Waals surface area contributed by atoms with Gasteiger partial charge in [0.25, 0.3) is 0 Å². The van der Waals surface area contributed by atoms with Crippen molar-refractivity contribution in [1.29, 1.82) is 0 Å². The number of ether oxygens (including phenoxy) is 1. The molecule has 1 unspecified atom stereocenters. The summed E-state index contributed by atoms with van der Waals surface area (Å²) in [5.74, 6) is 0.919. The van der Waals surface area contributed by atoms with E-state index in [4.69, 9.17) is 16.2 Å². The molecule has 1 aliphatic carbocycles. The zero-order valence-corrected chi connectivity index (χ0v) is 8.94. The number of benzene rings is 1. The van der Waals surface area contributed by atoms with E-state index in [-0.39, 0.29) is 6.10 Å². The number of hydrogen-bond acceptors (Lipinski definition) is 3. The summed E-state index contributed by atoms with van der Waals surface area (Å²) < 4.78 is 5.88. The largest absolute Gasteiger partial charge is 0.482 e. The SMILES string of the molecule is NC1=CC2Oc3ccc(N)cc3CC2=CC1. The fourth-order valence-electron chi connectivity index (χ4n) is 2.23. The van der Waals surface area contributed by atoms with Gasteiger partial charge in [-0.25, -0.2) is 0 Å². The smallest absolute Gasteiger partial charge is 0.140 e. The fourth-order valence-corrected chi connectivity index (χ4v) is 2.23. The number of allylic oxidation sites excluding steroid dienone is 1. The summed E-state index contributed by atoms with van der Waals surface area (Å²) in [6, 6.07) is 5.78. The summed E-state index contributed by atoms with van der Waals surface area (Å²) >= 11 is 0. The molecule has 3 rings (SSSR count). The van der Waals surface area contributed by atoms with Gasteiger partial charge in [-0.3, -0.25) is 0 Å². The van der Waals surface area contributed by atoms with Crippen LogP contribution in [-0.4, -0.2) is 6.10 Å². The molecule has 1 atom stereocenters. The first-order valence-electron chi connectivity index (χ1n) is 5.42. The highest BCUT2D eigenvalue weighted by Crippen LogP contribution is 2.34. The normalized spacial score (nSPS) is 22.4. The van der Waals surface area contributed by atoms with Gasteiger partial charge in [0.1, 0.15) is 11.9 Å². The van der Waals surface area contributed by atoms with Crippen LogP contribution in [0.25, 0.3) is 0 Å². The number of nitrogen functional groups attached to an aromatic ring is 1. The van der Waals surface area contributed by atoms with Crippen LogP contribution in [0.3, 0.4) is 0 Å². The second kappa shape index (κ2) is 3.30. The lowest BCUT2D eigenvalue weighted by atomic mass is 9.91. The Kier molecular flexibility index (Phi) is 1.93. The maximum Gasteiger partial charge on any atom is 0.140 e. The minimum atomic E-state index is 0.0184. The van der Waals surface area contributed by atoms with E-state index in [1.165, 1.54) is 5.57 Å². The van der Waals surface area contributed by atoms with Crippen molar-refractivity contribution < 1.29 is 4.74 Å². The molecule has 0 saturated carbocycles. The van der Waals surface area contributed by atoms with E-state index in [1.54, 1.807) is 0 Å². The Hall–Kier alpha value is -1.90. The summed E-state index contributed by atoms with van der Waals surface area (Å²) in [6.07, 6.45) is 5.91. The van der Waals surface area contributed by atoms with E-state index in [0.29, 0.717) is 0 Å². The monoisotopic (exact) mass is 214 g/mol. The van der Waals surface area contributed by atoms with Gasteiger partial charge in [0.15, 0.2) is 0 Å². The lowest BCUT2D eigenvalue weighted by molar-refractivity contribution is 0.262. The zero-order chi connectivity index (χ0) is 11.1. The van der Waals surface area contributed by atoms with E-state index in [9.17, 15) is 0 Å². The molecule has 0 aromatic heterocycles. The molecular weight excluding hydrogens is 200 g/mol. The summed E-state index contributed by atoms with van der Waals surface area (Å²) in [7, 11) is 0. The highest BCUT2D eigenvalue weighted by molar-refractivity contribution is 5.52. The van der Waals surface area contributed by atoms with Crippen molar-refractivity contribution in [2.24, 2.45) is 5.73 Å². The molecule has 1 heterocycles. The molecule has 0 spiro atoms. The van der Waals surface area contributed by atoms with Gasteiger partial charge in [0.05, 0.1) is 0 Å². The summed E-state index contributed by atoms with van der Waals surface area (Å²) in [4.78, 5) is 0. The number of anilines is 1. The average molecular weight is 214 g/mol. The summed E-state index contributed by atoms with van der Waals surface area (Å²) in [5.41, 5.74) is 15.7. The van der Waals surface area contributed by atoms with Gasteiger partial charge in [0.2, 0.25) is 0 Å². The molecule has 0 saturated heterocycles. The number of nitrogens with two attached hydrogens (primary N) is 2. The Labute approximate surface area is 94.4 Å². The van der Waals surface area contributed by atoms with E-state index in [0.717, 1.165) is 35.5 Å². The minimum Gasteiger partial charge on any atom is -0.482 e. The molecule has 82 valence electrons. The Morgan fingerprint density at radius 1 is 1.25 bits per heavy atom. The highest BCUT2D eigenvalue weighted by atomic mass is 16.5. The van der Waals surface area contributed by atoms with E-state index in [1.807, 2.05) is 24.3 Å². The molecule has 0 radical (unpaired) electrons. The average Bonchev–Trinajstić information content (AvgIpc) is 2.26. The van der Waals surface area contributed by atoms with Crippen LogP contribution in [0.2, 0.25) is 0 Å². The molecule has 0 fully saturated rings. The van der Waals surface area contributed by atoms with Crippen molar-refractivity contribution in [3.8, 4) is 5.75 Å². The van der Waals surface area contributed by atoms with Crippen LogP contribution >= 0.6 is 0 Å². The molecule has 1 aromatic rings. The number of rotatable bonds is 0. The van der Waals surface area contributed by atoms with Crippen molar-refractivity contribution in [2.75, 3.05) is 5.73 Å². The van der Waals surface area contributed by atoms with Gasteiger partial charge in [-0.1, -0.05) is 6.08 Å². The van der Waals surface area contributed by atoms with Crippen LogP contribution in [-0.2, 0) is 6.42 Å². The first kappa shape index (κ1) is 9.33. The first-order chi connectivity index (χ1) is 7.72. The lowest BCUT2D eigenvalue weighted by Gasteiger charge is -2.29. The van der Waals surface area contributed by atoms with Crippen LogP contribution in [0.1, 0.15) is 12.0 Å². The molecule has 3 heteroatoms. The maximum absolute atomic E-state index is 5.88. The Balaban J connectivity index is 2.01. The van der Waals surface area contributed by atoms with Crippen molar-refractivity contribution in [3.05, 3.63) is 47.2 Å². The van der Waals surface area contributed by atoms with E-state index >= 15 is 0 Å². The second-order valence-electron chi connectivity index (χ2n) is 4.31. The quantitative estimate of drug-likeness (QED) is 0.511. The second-order valence-corrected chi connectivity index (χ2v) is 4.31. The van der Waals surface area contributed by atoms with Gasteiger partial charge >= 0.3 is 0 Å². The van der Waals surface area contributed by atoms with Crippen LogP contribution in [0.15, 0.2) is 41.6 Å². The summed E-state index contributed by atoms with van der Waals surface area (Å²) in [6.45, 7) is 0. The molecule has 0 bridgehead atoms. The standard InChI is InChI=1S/C13H14N2O/c14-10-3-4-12-9(6-10)5-8-1-2-11(15)7-13(8)16-12/h1,3-4,6-7,13H,2,5,14-15H2. The van der Waals surface area contributed by atoms with Crippen molar-refractivity contribution in [1.82, 2.24) is 0 Å². The van der Waals surface area contributed by atoms with E-state index < -0.39 is 0 Å². The van der Waals surface area contributed by atoms with Crippen LogP contribution in [0, 0.1) is 0 Å². The van der Waals surface area contributed by atoms with Gasteiger partial charge in [0, 0.05) is 29.8 Å². The van der Waals surface area contributed by atoms with Crippen molar-refractivity contribution >= 4 is 5.69 Å². The van der Waals surface area contributed by atoms with Gasteiger partial charge < -0.3 is 16.2 Å².